The summed E-state index contributed by atoms with van der Waals surface area (Å²) >= 11 is 0. The Balaban J connectivity index is 1.98. The summed E-state index contributed by atoms with van der Waals surface area (Å²) in [5, 5.41) is 0. The van der Waals surface area contributed by atoms with Gasteiger partial charge in [-0.2, -0.15) is 0 Å². The number of nitrogens with zero attached hydrogens (tertiary/aromatic N) is 1. The minimum Gasteiger partial charge on any atom is -0.497 e. The molecule has 0 unspecified atom stereocenters. The van der Waals surface area contributed by atoms with Crippen molar-refractivity contribution in [1.29, 1.82) is 0 Å². The third kappa shape index (κ3) is 4.16. The second-order valence-corrected chi connectivity index (χ2v) is 7.91. The molecule has 3 aromatic rings. The summed E-state index contributed by atoms with van der Waals surface area (Å²) in [6, 6.07) is 26.2. The Morgan fingerprint density at radius 3 is 1.42 bits per heavy atom. The van der Waals surface area contributed by atoms with Crippen molar-refractivity contribution in [3.8, 4) is 5.75 Å². The molecule has 0 aromatic heterocycles. The number of carbonyl (C=O) groups excluding carboxylic acids is 2. The third-order valence-electron chi connectivity index (χ3n) is 6.27. The molecule has 1 fully saturated rings. The van der Waals surface area contributed by atoms with Crippen LogP contribution in [0.3, 0.4) is 0 Å². The molecule has 1 aliphatic rings. The lowest BCUT2D eigenvalue weighted by molar-refractivity contribution is -0.157. The third-order valence-corrected chi connectivity index (χ3v) is 6.27. The van der Waals surface area contributed by atoms with E-state index in [0.717, 1.165) is 22.6 Å². The fraction of sp³-hybridized carbons (Fsp3) is 0.259. The van der Waals surface area contributed by atoms with Gasteiger partial charge in [-0.1, -0.05) is 60.7 Å². The molecule has 0 bridgehead atoms. The fourth-order valence-electron chi connectivity index (χ4n) is 4.85. The van der Waals surface area contributed by atoms with E-state index in [9.17, 15) is 9.59 Å². The summed E-state index contributed by atoms with van der Waals surface area (Å²) in [6.07, 6.45) is 0. The molecular weight excluding hydrogens is 418 g/mol. The Morgan fingerprint density at radius 1 is 0.636 bits per heavy atom. The van der Waals surface area contributed by atoms with Gasteiger partial charge in [0.05, 0.1) is 45.2 Å². The van der Waals surface area contributed by atoms with Gasteiger partial charge in [0.2, 0.25) is 0 Å². The second-order valence-electron chi connectivity index (χ2n) is 7.91. The van der Waals surface area contributed by atoms with Gasteiger partial charge in [0.1, 0.15) is 5.75 Å². The fourth-order valence-corrected chi connectivity index (χ4v) is 4.85. The van der Waals surface area contributed by atoms with E-state index in [1.165, 1.54) is 14.2 Å². The molecule has 1 heterocycles. The SMILES string of the molecule is COC(=O)[C@@H]1[C@@H](C(=O)OC)[C@H](c2ccccc2)N(c2ccc(OC)cc2)[C@H]1c1ccccc1. The summed E-state index contributed by atoms with van der Waals surface area (Å²) in [6.45, 7) is 0. The number of anilines is 1. The molecule has 170 valence electrons. The van der Waals surface area contributed by atoms with Crippen LogP contribution in [-0.2, 0) is 19.1 Å². The van der Waals surface area contributed by atoms with Gasteiger partial charge in [-0.05, 0) is 35.4 Å². The van der Waals surface area contributed by atoms with Crippen LogP contribution in [0.2, 0.25) is 0 Å². The Labute approximate surface area is 193 Å². The maximum absolute atomic E-state index is 13.2. The van der Waals surface area contributed by atoms with Gasteiger partial charge in [-0.3, -0.25) is 9.59 Å². The van der Waals surface area contributed by atoms with Gasteiger partial charge in [-0.25, -0.2) is 0 Å². The van der Waals surface area contributed by atoms with Crippen LogP contribution in [0.5, 0.6) is 5.75 Å². The molecule has 6 heteroatoms. The Bertz CT molecular complexity index is 1020. The molecule has 4 atom stereocenters. The van der Waals surface area contributed by atoms with Gasteiger partial charge in [0, 0.05) is 5.69 Å². The van der Waals surface area contributed by atoms with E-state index in [1.807, 2.05) is 84.9 Å². The number of hydrogen-bond donors (Lipinski definition) is 0. The van der Waals surface area contributed by atoms with Crippen LogP contribution < -0.4 is 9.64 Å². The highest BCUT2D eigenvalue weighted by Gasteiger charge is 2.57. The first-order valence-electron chi connectivity index (χ1n) is 10.8. The first-order valence-corrected chi connectivity index (χ1v) is 10.8. The van der Waals surface area contributed by atoms with E-state index in [4.69, 9.17) is 14.2 Å². The Hall–Kier alpha value is -3.80. The van der Waals surface area contributed by atoms with Crippen molar-refractivity contribution in [3.05, 3.63) is 96.1 Å². The monoisotopic (exact) mass is 445 g/mol. The maximum atomic E-state index is 13.2. The smallest absolute Gasteiger partial charge is 0.312 e. The molecule has 0 N–H and O–H groups in total. The van der Waals surface area contributed by atoms with Crippen LogP contribution in [0.25, 0.3) is 0 Å². The normalized spacial score (nSPS) is 22.0. The average Bonchev–Trinajstić information content (AvgIpc) is 3.25. The van der Waals surface area contributed by atoms with Crippen LogP contribution in [0.1, 0.15) is 23.2 Å². The molecule has 0 radical (unpaired) electrons. The molecule has 1 saturated heterocycles. The summed E-state index contributed by atoms with van der Waals surface area (Å²) < 4.78 is 15.8. The van der Waals surface area contributed by atoms with Gasteiger partial charge < -0.3 is 19.1 Å². The molecule has 0 spiro atoms. The van der Waals surface area contributed by atoms with Crippen molar-refractivity contribution in [2.45, 2.75) is 12.1 Å². The first kappa shape index (κ1) is 22.4. The number of esters is 2. The van der Waals surface area contributed by atoms with Crippen molar-refractivity contribution in [3.63, 3.8) is 0 Å². The zero-order valence-corrected chi connectivity index (χ0v) is 18.9. The lowest BCUT2D eigenvalue weighted by atomic mass is 9.82. The molecule has 0 aliphatic carbocycles. The molecule has 0 saturated carbocycles. The van der Waals surface area contributed by atoms with Gasteiger partial charge in [-0.15, -0.1) is 0 Å². The van der Waals surface area contributed by atoms with Crippen LogP contribution in [-0.4, -0.2) is 33.3 Å². The summed E-state index contributed by atoms with van der Waals surface area (Å²) in [7, 11) is 4.32. The molecule has 1 aliphatic heterocycles. The van der Waals surface area contributed by atoms with E-state index in [0.29, 0.717) is 0 Å². The first-order chi connectivity index (χ1) is 16.1. The highest BCUT2D eigenvalue weighted by Crippen LogP contribution is 2.54. The quantitative estimate of drug-likeness (QED) is 0.518. The largest absolute Gasteiger partial charge is 0.497 e. The number of methoxy groups -OCH3 is 3. The van der Waals surface area contributed by atoms with E-state index >= 15 is 0 Å². The van der Waals surface area contributed by atoms with Gasteiger partial charge in [0.25, 0.3) is 0 Å². The van der Waals surface area contributed by atoms with Crippen molar-refractivity contribution < 1.29 is 23.8 Å². The average molecular weight is 446 g/mol. The minimum atomic E-state index is -0.767. The molecular formula is C27H27NO5. The van der Waals surface area contributed by atoms with Crippen LogP contribution >= 0.6 is 0 Å². The lowest BCUT2D eigenvalue weighted by Gasteiger charge is -2.34. The zero-order valence-electron chi connectivity index (χ0n) is 18.9. The Morgan fingerprint density at radius 2 is 1.06 bits per heavy atom. The van der Waals surface area contributed by atoms with E-state index < -0.39 is 35.9 Å². The summed E-state index contributed by atoms with van der Waals surface area (Å²) in [5.41, 5.74) is 2.69. The predicted molar refractivity (Wildman–Crippen MR) is 125 cm³/mol. The van der Waals surface area contributed by atoms with Crippen molar-refractivity contribution in [1.82, 2.24) is 0 Å². The number of benzene rings is 3. The standard InChI is InChI=1S/C27H27NO5/c1-31-21-16-14-20(15-17-21)28-24(18-10-6-4-7-11-18)22(26(29)32-2)23(27(30)33-3)25(28)19-12-8-5-9-13-19/h4-17,22-25H,1-3H3/t22-,23-,24+,25+/m1/s1. The number of carbonyl (C=O) groups is 2. The van der Waals surface area contributed by atoms with Crippen LogP contribution in [0.4, 0.5) is 5.69 Å². The number of ether oxygens (including phenoxy) is 3. The number of rotatable bonds is 6. The summed E-state index contributed by atoms with van der Waals surface area (Å²) in [4.78, 5) is 28.5. The van der Waals surface area contributed by atoms with E-state index in [-0.39, 0.29) is 0 Å². The Kier molecular flexibility index (Phi) is 6.63. The van der Waals surface area contributed by atoms with Crippen molar-refractivity contribution >= 4 is 17.6 Å². The van der Waals surface area contributed by atoms with Crippen molar-refractivity contribution in [2.75, 3.05) is 26.2 Å². The molecule has 4 rings (SSSR count). The van der Waals surface area contributed by atoms with E-state index in [1.54, 1.807) is 7.11 Å². The summed E-state index contributed by atoms with van der Waals surface area (Å²) in [5.74, 6) is -1.71. The van der Waals surface area contributed by atoms with Crippen molar-refractivity contribution in [2.24, 2.45) is 11.8 Å². The lowest BCUT2D eigenvalue weighted by Crippen LogP contribution is -2.32. The highest BCUT2D eigenvalue weighted by molar-refractivity contribution is 5.86. The molecule has 0 amide bonds. The topological polar surface area (TPSA) is 65.1 Å². The van der Waals surface area contributed by atoms with Gasteiger partial charge in [0.15, 0.2) is 0 Å². The molecule has 3 aromatic carbocycles. The number of hydrogen-bond acceptors (Lipinski definition) is 6. The predicted octanol–water partition coefficient (Wildman–Crippen LogP) is 4.58. The van der Waals surface area contributed by atoms with E-state index in [2.05, 4.69) is 4.90 Å². The zero-order chi connectivity index (χ0) is 23.4. The van der Waals surface area contributed by atoms with Crippen LogP contribution in [0.15, 0.2) is 84.9 Å². The molecule has 33 heavy (non-hydrogen) atoms. The maximum Gasteiger partial charge on any atom is 0.312 e. The minimum absolute atomic E-state index is 0.443. The second kappa shape index (κ2) is 9.77. The molecule has 6 nitrogen and oxygen atoms in total. The highest BCUT2D eigenvalue weighted by atomic mass is 16.5. The van der Waals surface area contributed by atoms with Crippen LogP contribution in [0, 0.1) is 11.8 Å². The van der Waals surface area contributed by atoms with Gasteiger partial charge >= 0.3 is 11.9 Å².